The van der Waals surface area contributed by atoms with Gasteiger partial charge in [0.2, 0.25) is 5.37 Å². The molecule has 1 saturated heterocycles. The molecule has 1 atom stereocenters. The summed E-state index contributed by atoms with van der Waals surface area (Å²) in [5, 5.41) is -0.619. The van der Waals surface area contributed by atoms with E-state index in [1.165, 1.54) is 0 Å². The summed E-state index contributed by atoms with van der Waals surface area (Å²) in [7, 11) is -0.172. The molecule has 0 saturated carbocycles. The molecule has 12 heavy (non-hydrogen) atoms. The third kappa shape index (κ3) is 1.97. The van der Waals surface area contributed by atoms with Crippen LogP contribution >= 0.6 is 0 Å². The Morgan fingerprint density at radius 2 is 1.92 bits per heavy atom. The van der Waals surface area contributed by atoms with Crippen LogP contribution in [0.2, 0.25) is 0 Å². The molecule has 0 bridgehead atoms. The number of hydrogen-bond acceptors (Lipinski definition) is 2. The Bertz CT molecular complexity index is 258. The van der Waals surface area contributed by atoms with Crippen LogP contribution in [0.4, 0.5) is 0 Å². The summed E-state index contributed by atoms with van der Waals surface area (Å²) >= 11 is 0. The molecule has 0 aromatic carbocycles. The van der Waals surface area contributed by atoms with Gasteiger partial charge in [0.15, 0.2) is 0 Å². The Kier molecular flexibility index (Phi) is 2.47. The van der Waals surface area contributed by atoms with Crippen LogP contribution in [-0.2, 0) is 10.1 Å². The van der Waals surface area contributed by atoms with Gasteiger partial charge < -0.3 is 4.48 Å². The van der Waals surface area contributed by atoms with Crippen molar-refractivity contribution in [2.75, 3.05) is 20.6 Å². The van der Waals surface area contributed by atoms with E-state index in [1.807, 2.05) is 14.1 Å². The molecule has 5 heteroatoms. The highest BCUT2D eigenvalue weighted by Gasteiger charge is 2.40. The van der Waals surface area contributed by atoms with Crippen LogP contribution in [-0.4, -0.2) is 43.5 Å². The SMILES string of the molecule is C[N+]1(C)CCCCC1S(=O)(=O)O. The van der Waals surface area contributed by atoms with Crippen molar-refractivity contribution in [1.29, 1.82) is 0 Å². The van der Waals surface area contributed by atoms with Gasteiger partial charge in [-0.2, -0.15) is 8.42 Å². The second-order valence-electron chi connectivity index (χ2n) is 3.97. The topological polar surface area (TPSA) is 54.4 Å². The average molecular weight is 194 g/mol. The van der Waals surface area contributed by atoms with Gasteiger partial charge in [-0.1, -0.05) is 0 Å². The number of quaternary nitrogens is 1. The van der Waals surface area contributed by atoms with Gasteiger partial charge in [-0.25, -0.2) is 0 Å². The highest BCUT2D eigenvalue weighted by atomic mass is 32.2. The summed E-state index contributed by atoms with van der Waals surface area (Å²) in [6, 6.07) is 0. The fraction of sp³-hybridized carbons (Fsp3) is 1.00. The Morgan fingerprint density at radius 1 is 1.33 bits per heavy atom. The third-order valence-corrected chi connectivity index (χ3v) is 4.05. The lowest BCUT2D eigenvalue weighted by molar-refractivity contribution is -0.906. The number of piperidine rings is 1. The maximum absolute atomic E-state index is 10.9. The molecule has 0 spiro atoms. The summed E-state index contributed by atoms with van der Waals surface area (Å²) in [6.45, 7) is 0.824. The molecule has 1 rings (SSSR count). The van der Waals surface area contributed by atoms with Gasteiger partial charge in [-0.15, -0.1) is 0 Å². The van der Waals surface area contributed by atoms with E-state index in [4.69, 9.17) is 4.55 Å². The van der Waals surface area contributed by atoms with E-state index in [0.29, 0.717) is 10.9 Å². The van der Waals surface area contributed by atoms with Crippen molar-refractivity contribution < 1.29 is 17.5 Å². The van der Waals surface area contributed by atoms with Crippen molar-refractivity contribution in [1.82, 2.24) is 0 Å². The Labute approximate surface area is 73.5 Å². The molecule has 4 nitrogen and oxygen atoms in total. The monoisotopic (exact) mass is 194 g/mol. The first kappa shape index (κ1) is 9.95. The minimum absolute atomic E-state index is 0.388. The number of likely N-dealkylation sites (tertiary alicyclic amines) is 1. The predicted octanol–water partition coefficient (Wildman–Crippen LogP) is 0.461. The summed E-state index contributed by atoms with van der Waals surface area (Å²) in [4.78, 5) is 0. The molecule has 1 N–H and O–H groups in total. The first-order valence-electron chi connectivity index (χ1n) is 4.13. The maximum Gasteiger partial charge on any atom is 0.319 e. The standard InChI is InChI=1S/C7H15NO3S/c1-8(2)6-4-3-5-7(8)12(9,10)11/h7H,3-6H2,1-2H3/p+1. The average Bonchev–Trinajstić information content (AvgIpc) is 1.83. The molecule has 0 amide bonds. The fourth-order valence-corrected chi connectivity index (χ4v) is 3.13. The quantitative estimate of drug-likeness (QED) is 0.487. The first-order chi connectivity index (χ1) is 5.34. The molecule has 0 aromatic heterocycles. The summed E-state index contributed by atoms with van der Waals surface area (Å²) < 4.78 is 31.2. The van der Waals surface area contributed by atoms with E-state index in [2.05, 4.69) is 0 Å². The Balaban J connectivity index is 2.88. The third-order valence-electron chi connectivity index (χ3n) is 2.56. The van der Waals surface area contributed by atoms with Gasteiger partial charge in [0.05, 0.1) is 20.6 Å². The molecular formula is C7H16NO3S+. The lowest BCUT2D eigenvalue weighted by atomic mass is 10.1. The number of hydrogen-bond donors (Lipinski definition) is 1. The van der Waals surface area contributed by atoms with E-state index >= 15 is 0 Å². The highest BCUT2D eigenvalue weighted by molar-refractivity contribution is 7.86. The summed E-state index contributed by atoms with van der Waals surface area (Å²) in [5.41, 5.74) is 0. The minimum atomic E-state index is -3.86. The van der Waals surface area contributed by atoms with Crippen molar-refractivity contribution in [2.24, 2.45) is 0 Å². The van der Waals surface area contributed by atoms with Crippen LogP contribution < -0.4 is 0 Å². The van der Waals surface area contributed by atoms with Gasteiger partial charge in [-0.05, 0) is 12.8 Å². The van der Waals surface area contributed by atoms with Crippen LogP contribution in [0.25, 0.3) is 0 Å². The van der Waals surface area contributed by atoms with Crippen molar-refractivity contribution >= 4 is 10.1 Å². The highest BCUT2D eigenvalue weighted by Crippen LogP contribution is 2.24. The molecule has 1 aliphatic rings. The molecule has 1 fully saturated rings. The molecule has 72 valence electrons. The lowest BCUT2D eigenvalue weighted by Gasteiger charge is -2.39. The number of rotatable bonds is 1. The molecule has 0 radical (unpaired) electrons. The zero-order valence-electron chi connectivity index (χ0n) is 7.52. The molecular weight excluding hydrogens is 178 g/mol. The van der Waals surface area contributed by atoms with E-state index in [9.17, 15) is 8.42 Å². The zero-order valence-corrected chi connectivity index (χ0v) is 8.34. The lowest BCUT2D eigenvalue weighted by Crippen LogP contribution is -2.55. The fourth-order valence-electron chi connectivity index (χ4n) is 1.84. The largest absolute Gasteiger partial charge is 0.319 e. The summed E-state index contributed by atoms with van der Waals surface area (Å²) in [6.07, 6.45) is 2.51. The van der Waals surface area contributed by atoms with Gasteiger partial charge in [0.25, 0.3) is 0 Å². The number of nitrogens with zero attached hydrogens (tertiary/aromatic N) is 1. The Hall–Kier alpha value is -0.130. The first-order valence-corrected chi connectivity index (χ1v) is 5.63. The minimum Gasteiger partial charge on any atom is -0.311 e. The van der Waals surface area contributed by atoms with Crippen LogP contribution in [0.1, 0.15) is 19.3 Å². The van der Waals surface area contributed by atoms with Crippen molar-refractivity contribution in [3.8, 4) is 0 Å². The van der Waals surface area contributed by atoms with Crippen LogP contribution in [0.15, 0.2) is 0 Å². The van der Waals surface area contributed by atoms with Crippen molar-refractivity contribution in [3.63, 3.8) is 0 Å². The second kappa shape index (κ2) is 2.97. The van der Waals surface area contributed by atoms with E-state index in [1.54, 1.807) is 0 Å². The van der Waals surface area contributed by atoms with E-state index < -0.39 is 15.5 Å². The predicted molar refractivity (Wildman–Crippen MR) is 46.2 cm³/mol. The van der Waals surface area contributed by atoms with Gasteiger partial charge in [-0.3, -0.25) is 4.55 Å². The zero-order chi connectivity index (χ0) is 9.41. The van der Waals surface area contributed by atoms with Crippen molar-refractivity contribution in [3.05, 3.63) is 0 Å². The van der Waals surface area contributed by atoms with Gasteiger partial charge in [0.1, 0.15) is 0 Å². The normalized spacial score (nSPS) is 30.1. The van der Waals surface area contributed by atoms with Crippen molar-refractivity contribution in [2.45, 2.75) is 24.6 Å². The molecule has 1 aliphatic heterocycles. The maximum atomic E-state index is 10.9. The second-order valence-corrected chi connectivity index (χ2v) is 5.54. The van der Waals surface area contributed by atoms with E-state index in [0.717, 1.165) is 19.4 Å². The van der Waals surface area contributed by atoms with Crippen LogP contribution in [0.5, 0.6) is 0 Å². The molecule has 1 heterocycles. The van der Waals surface area contributed by atoms with Crippen LogP contribution in [0, 0.1) is 0 Å². The smallest absolute Gasteiger partial charge is 0.311 e. The van der Waals surface area contributed by atoms with Crippen LogP contribution in [0.3, 0.4) is 0 Å². The molecule has 0 aliphatic carbocycles. The van der Waals surface area contributed by atoms with Gasteiger partial charge in [0, 0.05) is 6.42 Å². The summed E-state index contributed by atoms with van der Waals surface area (Å²) in [5.74, 6) is 0. The van der Waals surface area contributed by atoms with E-state index in [-0.39, 0.29) is 0 Å². The Morgan fingerprint density at radius 3 is 2.25 bits per heavy atom. The molecule has 0 aromatic rings. The molecule has 1 unspecified atom stereocenters. The van der Waals surface area contributed by atoms with Gasteiger partial charge >= 0.3 is 10.1 Å².